The van der Waals surface area contributed by atoms with Crippen LogP contribution in [0.3, 0.4) is 0 Å². The van der Waals surface area contributed by atoms with Crippen molar-refractivity contribution in [1.29, 1.82) is 0 Å². The minimum absolute atomic E-state index is 0.0931. The van der Waals surface area contributed by atoms with Crippen LogP contribution in [0.15, 0.2) is 122 Å². The highest BCUT2D eigenvalue weighted by Crippen LogP contribution is 2.15. The molecule has 0 aliphatic carbocycles. The Hall–Kier alpha value is -4.19. The van der Waals surface area contributed by atoms with Gasteiger partial charge in [-0.15, -0.1) is 0 Å². The first-order valence-electron chi connectivity index (χ1n) is 30.6. The van der Waals surface area contributed by atoms with Gasteiger partial charge in [-0.1, -0.05) is 277 Å². The second-order valence-electron chi connectivity index (χ2n) is 20.0. The lowest BCUT2D eigenvalue weighted by molar-refractivity contribution is -0.167. The highest BCUT2D eigenvalue weighted by molar-refractivity contribution is 5.71. The summed E-state index contributed by atoms with van der Waals surface area (Å²) in [5, 5.41) is 0. The lowest BCUT2D eigenvalue weighted by Gasteiger charge is -2.18. The Kier molecular flexibility index (Phi) is 57.9. The number of hydrogen-bond acceptors (Lipinski definition) is 6. The first-order valence-corrected chi connectivity index (χ1v) is 30.6. The smallest absolute Gasteiger partial charge is 0.306 e. The van der Waals surface area contributed by atoms with Gasteiger partial charge in [0.2, 0.25) is 0 Å². The molecule has 0 saturated carbocycles. The monoisotopic (exact) mass is 1020 g/mol. The summed E-state index contributed by atoms with van der Waals surface area (Å²) in [6.45, 7) is 6.40. The van der Waals surface area contributed by atoms with E-state index in [1.165, 1.54) is 128 Å². The first-order chi connectivity index (χ1) is 36.5. The fourth-order valence-corrected chi connectivity index (χ4v) is 8.24. The van der Waals surface area contributed by atoms with Crippen molar-refractivity contribution in [3.63, 3.8) is 0 Å². The van der Waals surface area contributed by atoms with Crippen molar-refractivity contribution in [1.82, 2.24) is 0 Å². The van der Waals surface area contributed by atoms with E-state index in [1.807, 2.05) is 24.3 Å². The molecule has 0 aromatic rings. The Labute approximate surface area is 456 Å². The summed E-state index contributed by atoms with van der Waals surface area (Å²) >= 11 is 0. The van der Waals surface area contributed by atoms with Gasteiger partial charge in [0.25, 0.3) is 0 Å². The van der Waals surface area contributed by atoms with Crippen molar-refractivity contribution in [3.05, 3.63) is 122 Å². The number of carbonyl (C=O) groups is 3. The number of rotatable bonds is 54. The number of unbranched alkanes of at least 4 members (excludes halogenated alkanes) is 28. The number of ether oxygens (including phenoxy) is 3. The van der Waals surface area contributed by atoms with Crippen LogP contribution in [0, 0.1) is 0 Å². The molecule has 0 spiro atoms. The molecule has 0 aromatic carbocycles. The Morgan fingerprint density at radius 2 is 0.608 bits per heavy atom. The maximum Gasteiger partial charge on any atom is 0.306 e. The summed E-state index contributed by atoms with van der Waals surface area (Å²) in [5.74, 6) is -0.924. The van der Waals surface area contributed by atoms with Gasteiger partial charge in [0.15, 0.2) is 6.10 Å². The van der Waals surface area contributed by atoms with Crippen LogP contribution in [0.2, 0.25) is 0 Å². The Morgan fingerprint density at radius 3 is 1.01 bits per heavy atom. The molecule has 420 valence electrons. The predicted molar refractivity (Wildman–Crippen MR) is 320 cm³/mol. The lowest BCUT2D eigenvalue weighted by atomic mass is 10.1. The van der Waals surface area contributed by atoms with Gasteiger partial charge in [-0.3, -0.25) is 14.4 Å². The molecule has 1 unspecified atom stereocenters. The molecule has 0 heterocycles. The van der Waals surface area contributed by atoms with Crippen LogP contribution in [0.25, 0.3) is 0 Å². The molecule has 0 aliphatic rings. The van der Waals surface area contributed by atoms with E-state index in [-0.39, 0.29) is 31.1 Å². The van der Waals surface area contributed by atoms with Crippen LogP contribution in [0.1, 0.15) is 271 Å². The van der Waals surface area contributed by atoms with E-state index in [4.69, 9.17) is 14.2 Å². The third-order valence-electron chi connectivity index (χ3n) is 12.8. The number of carbonyl (C=O) groups excluding carboxylic acids is 3. The summed E-state index contributed by atoms with van der Waals surface area (Å²) in [6.07, 6.45) is 84.6. The van der Waals surface area contributed by atoms with Gasteiger partial charge in [0.05, 0.1) is 0 Å². The Morgan fingerprint density at radius 1 is 0.297 bits per heavy atom. The molecule has 0 aromatic heterocycles. The molecule has 6 nitrogen and oxygen atoms in total. The molecule has 0 rings (SSSR count). The minimum Gasteiger partial charge on any atom is -0.462 e. The topological polar surface area (TPSA) is 78.9 Å². The van der Waals surface area contributed by atoms with Crippen LogP contribution in [0.5, 0.6) is 0 Å². The van der Waals surface area contributed by atoms with E-state index >= 15 is 0 Å². The molecule has 1 atom stereocenters. The fraction of sp³-hybridized carbons (Fsp3) is 0.662. The molecule has 0 N–H and O–H groups in total. The normalized spacial score (nSPS) is 13.0. The van der Waals surface area contributed by atoms with Gasteiger partial charge >= 0.3 is 17.9 Å². The highest BCUT2D eigenvalue weighted by Gasteiger charge is 2.19. The van der Waals surface area contributed by atoms with Gasteiger partial charge < -0.3 is 14.2 Å². The average molecular weight is 1030 g/mol. The third kappa shape index (κ3) is 58.7. The number of hydrogen-bond donors (Lipinski definition) is 0. The standard InChI is InChI=1S/C68H112O6/c1-4-7-10-13-16-19-22-25-28-31-34-37-40-43-46-49-52-55-58-61-67(70)73-64-65(63-72-66(69)60-57-54-51-48-45-42-39-36-33-30-27-24-21-18-15-12-9-6-3)74-68(71)62-59-56-53-50-47-44-41-38-35-32-29-26-23-20-17-14-11-8-5-2/h7,10,12,15-21,23-28,30,33,36,39,65H,4-6,8-9,11,13-14,22,29,31-32,34-35,37-38,40-64H2,1-3H3/b10-7-,15-12-,19-16-,20-17-,21-18-,26-23-,27-24-,28-25-,33-30-,39-36-. The van der Waals surface area contributed by atoms with Crippen molar-refractivity contribution in [2.75, 3.05) is 13.2 Å². The summed E-state index contributed by atoms with van der Waals surface area (Å²) in [7, 11) is 0. The Bertz CT molecular complexity index is 1550. The maximum atomic E-state index is 12.9. The van der Waals surface area contributed by atoms with Crippen LogP contribution in [-0.4, -0.2) is 37.2 Å². The van der Waals surface area contributed by atoms with Gasteiger partial charge in [0, 0.05) is 19.3 Å². The molecule has 0 radical (unpaired) electrons. The van der Waals surface area contributed by atoms with E-state index in [0.29, 0.717) is 19.3 Å². The SMILES string of the molecule is CC/C=C\C/C=C\C/C=C\CCCCCCCCCCCC(=O)OCC(COC(=O)CCCCCCC\C=C/C=C\C=C/C=C\C=C/CCC)OC(=O)CCCCCCCCCCCC/C=C\C=C/CCCCC. The quantitative estimate of drug-likeness (QED) is 0.0199. The third-order valence-corrected chi connectivity index (χ3v) is 12.8. The fourth-order valence-electron chi connectivity index (χ4n) is 8.24. The van der Waals surface area contributed by atoms with Crippen LogP contribution >= 0.6 is 0 Å². The molecule has 0 saturated heterocycles. The van der Waals surface area contributed by atoms with Gasteiger partial charge in [-0.2, -0.15) is 0 Å². The van der Waals surface area contributed by atoms with Crippen LogP contribution < -0.4 is 0 Å². The summed E-state index contributed by atoms with van der Waals surface area (Å²) < 4.78 is 16.9. The van der Waals surface area contributed by atoms with E-state index in [9.17, 15) is 14.4 Å². The molecular weight excluding hydrogens is 913 g/mol. The van der Waals surface area contributed by atoms with E-state index in [2.05, 4.69) is 118 Å². The number of allylic oxidation sites excluding steroid dienone is 20. The maximum absolute atomic E-state index is 12.9. The zero-order chi connectivity index (χ0) is 53.6. The largest absolute Gasteiger partial charge is 0.462 e. The van der Waals surface area contributed by atoms with Gasteiger partial charge in [0.1, 0.15) is 13.2 Å². The van der Waals surface area contributed by atoms with E-state index in [0.717, 1.165) is 103 Å². The summed E-state index contributed by atoms with van der Waals surface area (Å²) in [4.78, 5) is 38.3. The molecular formula is C68H112O6. The van der Waals surface area contributed by atoms with Crippen molar-refractivity contribution in [3.8, 4) is 0 Å². The van der Waals surface area contributed by atoms with E-state index in [1.54, 1.807) is 0 Å². The molecule has 0 aliphatic heterocycles. The number of esters is 3. The molecule has 0 amide bonds. The van der Waals surface area contributed by atoms with Gasteiger partial charge in [-0.05, 0) is 96.3 Å². The summed E-state index contributed by atoms with van der Waals surface area (Å²) in [6, 6.07) is 0. The van der Waals surface area contributed by atoms with Crippen LogP contribution in [-0.2, 0) is 28.6 Å². The first kappa shape index (κ1) is 69.8. The Balaban J connectivity index is 4.46. The van der Waals surface area contributed by atoms with Crippen molar-refractivity contribution in [2.24, 2.45) is 0 Å². The van der Waals surface area contributed by atoms with Crippen LogP contribution in [0.4, 0.5) is 0 Å². The zero-order valence-corrected chi connectivity index (χ0v) is 48.1. The van der Waals surface area contributed by atoms with Gasteiger partial charge in [-0.25, -0.2) is 0 Å². The highest BCUT2D eigenvalue weighted by atomic mass is 16.6. The molecule has 0 fully saturated rings. The second-order valence-corrected chi connectivity index (χ2v) is 20.0. The molecule has 0 bridgehead atoms. The second kappa shape index (κ2) is 61.4. The molecule has 74 heavy (non-hydrogen) atoms. The summed E-state index contributed by atoms with van der Waals surface area (Å²) in [5.41, 5.74) is 0. The average Bonchev–Trinajstić information content (AvgIpc) is 3.40. The van der Waals surface area contributed by atoms with Crippen molar-refractivity contribution in [2.45, 2.75) is 277 Å². The minimum atomic E-state index is -0.798. The predicted octanol–water partition coefficient (Wildman–Crippen LogP) is 20.8. The van der Waals surface area contributed by atoms with E-state index < -0.39 is 6.10 Å². The van der Waals surface area contributed by atoms with Crippen molar-refractivity contribution < 1.29 is 28.6 Å². The lowest BCUT2D eigenvalue weighted by Crippen LogP contribution is -2.30. The molecule has 6 heteroatoms. The zero-order valence-electron chi connectivity index (χ0n) is 48.1. The van der Waals surface area contributed by atoms with Crippen molar-refractivity contribution >= 4 is 17.9 Å².